The lowest BCUT2D eigenvalue weighted by Gasteiger charge is -2.50. The number of fused-ring (bicyclic) bond motifs is 7. The number of anilines is 6. The van der Waals surface area contributed by atoms with Gasteiger partial charge in [-0.2, -0.15) is 0 Å². The summed E-state index contributed by atoms with van der Waals surface area (Å²) < 4.78 is 7.23. The minimum atomic E-state index is -0.649. The molecule has 4 nitrogen and oxygen atoms in total. The molecular formula is C48H32BN3O. The van der Waals surface area contributed by atoms with Gasteiger partial charge in [-0.1, -0.05) is 139 Å². The summed E-state index contributed by atoms with van der Waals surface area (Å²) in [5.41, 5.74) is 14.4. The lowest BCUT2D eigenvalue weighted by atomic mass is 9.29. The smallest absolute Gasteiger partial charge is 0.247 e. The van der Waals surface area contributed by atoms with Crippen LogP contribution in [0.25, 0.3) is 0 Å². The van der Waals surface area contributed by atoms with Crippen molar-refractivity contribution in [1.82, 2.24) is 4.98 Å². The molecule has 0 radical (unpaired) electrons. The molecule has 7 aromatic carbocycles. The Morgan fingerprint density at radius 1 is 0.472 bits per heavy atom. The molecule has 0 saturated heterocycles. The van der Waals surface area contributed by atoms with Crippen LogP contribution in [0.3, 0.4) is 0 Å². The predicted octanol–water partition coefficient (Wildman–Crippen LogP) is 9.65. The van der Waals surface area contributed by atoms with Gasteiger partial charge in [-0.25, -0.2) is 0 Å². The molecule has 3 aliphatic rings. The zero-order valence-electron chi connectivity index (χ0n) is 28.8. The Labute approximate surface area is 309 Å². The predicted molar refractivity (Wildman–Crippen MR) is 217 cm³/mol. The van der Waals surface area contributed by atoms with Crippen LogP contribution in [0.15, 0.2) is 194 Å². The van der Waals surface area contributed by atoms with E-state index in [-0.39, 0.29) is 6.71 Å². The van der Waals surface area contributed by atoms with Gasteiger partial charge in [-0.3, -0.25) is 4.98 Å². The minimum Gasteiger partial charge on any atom is -0.451 e. The molecule has 53 heavy (non-hydrogen) atoms. The number of ether oxygens (including phenoxy) is 1. The molecule has 0 unspecified atom stereocenters. The van der Waals surface area contributed by atoms with Gasteiger partial charge in [-0.05, 0) is 81.7 Å². The van der Waals surface area contributed by atoms with Crippen molar-refractivity contribution >= 4 is 57.2 Å². The van der Waals surface area contributed by atoms with Crippen LogP contribution in [0.1, 0.15) is 22.3 Å². The Bertz CT molecular complexity index is 2630. The fourth-order valence-corrected chi connectivity index (χ4v) is 9.26. The summed E-state index contributed by atoms with van der Waals surface area (Å²) in [5.74, 6) is 1.65. The molecule has 0 fully saturated rings. The maximum absolute atomic E-state index is 7.23. The number of nitrogens with zero attached hydrogens (tertiary/aromatic N) is 3. The van der Waals surface area contributed by atoms with E-state index in [0.717, 1.165) is 45.6 Å². The van der Waals surface area contributed by atoms with E-state index in [0.29, 0.717) is 0 Å². The van der Waals surface area contributed by atoms with E-state index in [1.807, 2.05) is 12.4 Å². The molecule has 0 saturated carbocycles. The molecule has 248 valence electrons. The second-order valence-electron chi connectivity index (χ2n) is 13.9. The first kappa shape index (κ1) is 29.8. The first-order valence-electron chi connectivity index (χ1n) is 18.2. The third-order valence-corrected chi connectivity index (χ3v) is 11.3. The van der Waals surface area contributed by atoms with Crippen molar-refractivity contribution in [1.29, 1.82) is 0 Å². The third kappa shape index (κ3) is 4.16. The number of pyridine rings is 1. The number of aromatic nitrogens is 1. The lowest BCUT2D eigenvalue weighted by molar-refractivity contribution is 0.478. The topological polar surface area (TPSA) is 28.6 Å². The van der Waals surface area contributed by atoms with Gasteiger partial charge in [0, 0.05) is 29.5 Å². The van der Waals surface area contributed by atoms with Gasteiger partial charge in [0.15, 0.2) is 11.5 Å². The molecule has 5 heteroatoms. The molecule has 3 aliphatic heterocycles. The quantitative estimate of drug-likeness (QED) is 0.174. The molecule has 0 atom stereocenters. The Kier molecular flexibility index (Phi) is 6.53. The van der Waals surface area contributed by atoms with Crippen LogP contribution < -0.4 is 30.9 Å². The van der Waals surface area contributed by atoms with Crippen molar-refractivity contribution in [2.24, 2.45) is 0 Å². The Morgan fingerprint density at radius 2 is 1.04 bits per heavy atom. The van der Waals surface area contributed by atoms with Crippen LogP contribution in [0, 0.1) is 0 Å². The summed E-state index contributed by atoms with van der Waals surface area (Å²) in [5, 5.41) is 0. The van der Waals surface area contributed by atoms with E-state index in [9.17, 15) is 0 Å². The highest BCUT2D eigenvalue weighted by Crippen LogP contribution is 2.59. The average molecular weight is 678 g/mol. The standard InChI is InChI=1S/C48H32BN3O/c1-4-16-33(17-5-1)48(34-18-6-2-7-19-34)37-22-10-11-23-39(37)49-40-24-12-13-25-41(40)52(36-28-30-50-31-29-36)46-45(49)38(48)32-43-47(46)53-44-27-15-14-26-42(44)51(43)35-20-8-3-9-21-35/h1-32H. The Balaban J connectivity index is 1.38. The molecule has 8 aromatic rings. The number of rotatable bonds is 4. The largest absolute Gasteiger partial charge is 0.451 e. The van der Waals surface area contributed by atoms with E-state index < -0.39 is 5.41 Å². The molecule has 4 heterocycles. The third-order valence-electron chi connectivity index (χ3n) is 11.3. The van der Waals surface area contributed by atoms with E-state index >= 15 is 0 Å². The summed E-state index contributed by atoms with van der Waals surface area (Å²) in [4.78, 5) is 9.24. The van der Waals surface area contributed by atoms with Crippen LogP contribution >= 0.6 is 0 Å². The van der Waals surface area contributed by atoms with Crippen molar-refractivity contribution in [3.63, 3.8) is 0 Å². The second-order valence-corrected chi connectivity index (χ2v) is 13.9. The number of benzene rings is 7. The SMILES string of the molecule is c1ccc(N2c3ccccc3Oc3c2cc2c4c3N(c3ccncc3)c3ccccc3B4c3ccccc3C2(c2ccccc2)c2ccccc2)cc1. The summed E-state index contributed by atoms with van der Waals surface area (Å²) in [6.07, 6.45) is 3.76. The molecule has 0 aliphatic carbocycles. The molecule has 0 bridgehead atoms. The normalized spacial score (nSPS) is 14.2. The Hall–Kier alpha value is -6.85. The molecular weight excluding hydrogens is 645 g/mol. The van der Waals surface area contributed by atoms with Crippen molar-refractivity contribution in [2.45, 2.75) is 5.41 Å². The van der Waals surface area contributed by atoms with Crippen LogP contribution in [-0.4, -0.2) is 11.7 Å². The van der Waals surface area contributed by atoms with Crippen LogP contribution in [0.5, 0.6) is 11.5 Å². The number of hydrogen-bond acceptors (Lipinski definition) is 4. The minimum absolute atomic E-state index is 0.0396. The number of para-hydroxylation sites is 4. The highest BCUT2D eigenvalue weighted by Gasteiger charge is 2.53. The van der Waals surface area contributed by atoms with Crippen molar-refractivity contribution in [2.75, 3.05) is 9.80 Å². The first-order chi connectivity index (χ1) is 26.3. The zero-order chi connectivity index (χ0) is 34.9. The van der Waals surface area contributed by atoms with Crippen molar-refractivity contribution in [3.8, 4) is 11.5 Å². The van der Waals surface area contributed by atoms with Gasteiger partial charge in [0.25, 0.3) is 0 Å². The molecule has 1 aromatic heterocycles. The van der Waals surface area contributed by atoms with E-state index in [4.69, 9.17) is 4.74 Å². The molecule has 0 spiro atoms. The van der Waals surface area contributed by atoms with Gasteiger partial charge >= 0.3 is 0 Å². The summed E-state index contributed by atoms with van der Waals surface area (Å²) >= 11 is 0. The highest BCUT2D eigenvalue weighted by atomic mass is 16.5. The molecule has 11 rings (SSSR count). The van der Waals surface area contributed by atoms with Crippen LogP contribution in [0.4, 0.5) is 34.1 Å². The fourth-order valence-electron chi connectivity index (χ4n) is 9.26. The van der Waals surface area contributed by atoms with Crippen molar-refractivity contribution < 1.29 is 4.74 Å². The van der Waals surface area contributed by atoms with E-state index in [2.05, 4.69) is 197 Å². The summed E-state index contributed by atoms with van der Waals surface area (Å²) in [7, 11) is 0. The van der Waals surface area contributed by atoms with E-state index in [1.54, 1.807) is 0 Å². The van der Waals surface area contributed by atoms with Gasteiger partial charge in [0.2, 0.25) is 6.71 Å². The fraction of sp³-hybridized carbons (Fsp3) is 0.0208. The van der Waals surface area contributed by atoms with Gasteiger partial charge in [-0.15, -0.1) is 0 Å². The van der Waals surface area contributed by atoms with E-state index in [1.165, 1.54) is 38.6 Å². The maximum atomic E-state index is 7.23. The second kappa shape index (κ2) is 11.6. The van der Waals surface area contributed by atoms with Crippen LogP contribution in [0.2, 0.25) is 0 Å². The average Bonchev–Trinajstić information content (AvgIpc) is 3.24. The molecule has 0 amide bonds. The number of hydrogen-bond donors (Lipinski definition) is 0. The van der Waals surface area contributed by atoms with Gasteiger partial charge < -0.3 is 14.5 Å². The maximum Gasteiger partial charge on any atom is 0.247 e. The lowest BCUT2D eigenvalue weighted by Crippen LogP contribution is -2.65. The van der Waals surface area contributed by atoms with Crippen molar-refractivity contribution in [3.05, 3.63) is 217 Å². The monoisotopic (exact) mass is 677 g/mol. The summed E-state index contributed by atoms with van der Waals surface area (Å²) in [6.45, 7) is -0.0396. The summed E-state index contributed by atoms with van der Waals surface area (Å²) in [6, 6.07) is 65.8. The van der Waals surface area contributed by atoms with Gasteiger partial charge in [0.1, 0.15) is 0 Å². The zero-order valence-corrected chi connectivity index (χ0v) is 28.8. The van der Waals surface area contributed by atoms with Crippen LogP contribution in [-0.2, 0) is 5.41 Å². The molecule has 0 N–H and O–H groups in total. The Morgan fingerprint density at radius 3 is 1.75 bits per heavy atom. The first-order valence-corrected chi connectivity index (χ1v) is 18.2. The van der Waals surface area contributed by atoms with Gasteiger partial charge in [0.05, 0.1) is 22.5 Å². The highest BCUT2D eigenvalue weighted by molar-refractivity contribution is 6.99.